The van der Waals surface area contributed by atoms with Crippen molar-refractivity contribution < 1.29 is 0 Å². The van der Waals surface area contributed by atoms with Gasteiger partial charge in [0.2, 0.25) is 0 Å². The summed E-state index contributed by atoms with van der Waals surface area (Å²) in [5, 5.41) is 7.21. The molecular formula is C18H26N2. The lowest BCUT2D eigenvalue weighted by molar-refractivity contribution is 0.354. The summed E-state index contributed by atoms with van der Waals surface area (Å²) >= 11 is 0. The minimum atomic E-state index is 0.727. The van der Waals surface area contributed by atoms with Crippen LogP contribution in [0.15, 0.2) is 35.9 Å². The molecule has 0 aromatic heterocycles. The predicted octanol–water partition coefficient (Wildman–Crippen LogP) is 3.07. The summed E-state index contributed by atoms with van der Waals surface area (Å²) in [4.78, 5) is 0. The van der Waals surface area contributed by atoms with E-state index in [1.54, 1.807) is 0 Å². The van der Waals surface area contributed by atoms with E-state index < -0.39 is 0 Å². The summed E-state index contributed by atoms with van der Waals surface area (Å²) in [6, 6.07) is 11.4. The first-order valence-electron chi connectivity index (χ1n) is 8.00. The Labute approximate surface area is 122 Å². The van der Waals surface area contributed by atoms with E-state index in [1.807, 2.05) is 0 Å². The molecule has 1 aromatic rings. The van der Waals surface area contributed by atoms with Crippen LogP contribution < -0.4 is 10.6 Å². The highest BCUT2D eigenvalue weighted by atomic mass is 15.0. The second kappa shape index (κ2) is 6.55. The molecule has 2 nitrogen and oxygen atoms in total. The monoisotopic (exact) mass is 270 g/mol. The van der Waals surface area contributed by atoms with Gasteiger partial charge in [-0.05, 0) is 63.2 Å². The van der Waals surface area contributed by atoms with Gasteiger partial charge in [-0.3, -0.25) is 0 Å². The quantitative estimate of drug-likeness (QED) is 0.859. The molecule has 1 aliphatic heterocycles. The second-order valence-corrected chi connectivity index (χ2v) is 6.35. The maximum Gasteiger partial charge on any atom is 0.0139 e. The summed E-state index contributed by atoms with van der Waals surface area (Å²) in [7, 11) is 0. The van der Waals surface area contributed by atoms with E-state index in [0.717, 1.165) is 17.9 Å². The zero-order valence-corrected chi connectivity index (χ0v) is 12.4. The smallest absolute Gasteiger partial charge is 0.0139 e. The zero-order chi connectivity index (χ0) is 13.8. The van der Waals surface area contributed by atoms with Crippen molar-refractivity contribution in [1.82, 2.24) is 10.6 Å². The highest BCUT2D eigenvalue weighted by Gasteiger charge is 2.37. The Morgan fingerprint density at radius 1 is 1.25 bits per heavy atom. The summed E-state index contributed by atoms with van der Waals surface area (Å²) in [5.74, 6) is 1.65. The van der Waals surface area contributed by atoms with Crippen LogP contribution in [0.2, 0.25) is 0 Å². The molecule has 3 rings (SSSR count). The predicted molar refractivity (Wildman–Crippen MR) is 85.6 cm³/mol. The number of hydrogen-bond acceptors (Lipinski definition) is 2. The average Bonchev–Trinajstić information content (AvgIpc) is 3.27. The standard InChI is InChI=1S/C18H26N2/c1-14(11-15-5-3-2-4-6-15)17-12-18(17)20-13-16-7-9-19-10-8-16/h2-6,11,16-20H,7-10,12-13H2,1H3/b14-11+/t17-,18+/m0/s1. The van der Waals surface area contributed by atoms with Crippen LogP contribution in [0.5, 0.6) is 0 Å². The number of benzene rings is 1. The third-order valence-electron chi connectivity index (χ3n) is 4.70. The molecule has 1 aromatic carbocycles. The van der Waals surface area contributed by atoms with Gasteiger partial charge in [-0.2, -0.15) is 0 Å². The lowest BCUT2D eigenvalue weighted by Gasteiger charge is -2.22. The fourth-order valence-corrected chi connectivity index (χ4v) is 3.25. The largest absolute Gasteiger partial charge is 0.317 e. The van der Waals surface area contributed by atoms with Crippen molar-refractivity contribution >= 4 is 6.08 Å². The fraction of sp³-hybridized carbons (Fsp3) is 0.556. The fourth-order valence-electron chi connectivity index (χ4n) is 3.25. The lowest BCUT2D eigenvalue weighted by Crippen LogP contribution is -2.34. The molecule has 1 heterocycles. The molecule has 0 bridgehead atoms. The highest BCUT2D eigenvalue weighted by molar-refractivity contribution is 5.53. The summed E-state index contributed by atoms with van der Waals surface area (Å²) < 4.78 is 0. The number of hydrogen-bond donors (Lipinski definition) is 2. The molecule has 0 amide bonds. The van der Waals surface area contributed by atoms with Crippen LogP contribution in [-0.4, -0.2) is 25.7 Å². The molecular weight excluding hydrogens is 244 g/mol. The Kier molecular flexibility index (Phi) is 4.54. The number of piperidine rings is 1. The van der Waals surface area contributed by atoms with E-state index >= 15 is 0 Å². The van der Waals surface area contributed by atoms with Crippen LogP contribution in [0, 0.1) is 11.8 Å². The van der Waals surface area contributed by atoms with E-state index in [9.17, 15) is 0 Å². The van der Waals surface area contributed by atoms with E-state index in [2.05, 4.69) is 54.0 Å². The van der Waals surface area contributed by atoms with E-state index in [4.69, 9.17) is 0 Å². The third-order valence-corrected chi connectivity index (χ3v) is 4.70. The van der Waals surface area contributed by atoms with Gasteiger partial charge in [0.1, 0.15) is 0 Å². The molecule has 0 radical (unpaired) electrons. The van der Waals surface area contributed by atoms with Crippen molar-refractivity contribution in [3.63, 3.8) is 0 Å². The minimum Gasteiger partial charge on any atom is -0.317 e. The van der Waals surface area contributed by atoms with E-state index in [1.165, 1.54) is 50.0 Å². The van der Waals surface area contributed by atoms with Crippen molar-refractivity contribution in [2.45, 2.75) is 32.2 Å². The van der Waals surface area contributed by atoms with Gasteiger partial charge < -0.3 is 10.6 Å². The molecule has 0 unspecified atom stereocenters. The Balaban J connectivity index is 1.45. The number of rotatable bonds is 5. The molecule has 2 atom stereocenters. The van der Waals surface area contributed by atoms with Crippen molar-refractivity contribution in [1.29, 1.82) is 0 Å². The molecule has 2 N–H and O–H groups in total. The van der Waals surface area contributed by atoms with Crippen LogP contribution in [0.1, 0.15) is 31.7 Å². The van der Waals surface area contributed by atoms with Crippen LogP contribution >= 0.6 is 0 Å². The Morgan fingerprint density at radius 2 is 2.00 bits per heavy atom. The first-order valence-corrected chi connectivity index (χ1v) is 8.00. The normalized spacial score (nSPS) is 27.6. The first-order chi connectivity index (χ1) is 9.83. The molecule has 2 heteroatoms. The van der Waals surface area contributed by atoms with Crippen LogP contribution in [-0.2, 0) is 0 Å². The van der Waals surface area contributed by atoms with Gasteiger partial charge in [0.25, 0.3) is 0 Å². The molecule has 2 fully saturated rings. The van der Waals surface area contributed by atoms with Crippen molar-refractivity contribution in [3.8, 4) is 0 Å². The molecule has 1 saturated heterocycles. The van der Waals surface area contributed by atoms with Crippen LogP contribution in [0.3, 0.4) is 0 Å². The molecule has 108 valence electrons. The zero-order valence-electron chi connectivity index (χ0n) is 12.4. The maximum atomic E-state index is 3.77. The van der Waals surface area contributed by atoms with Crippen molar-refractivity contribution in [2.75, 3.05) is 19.6 Å². The molecule has 1 saturated carbocycles. The Morgan fingerprint density at radius 3 is 2.75 bits per heavy atom. The van der Waals surface area contributed by atoms with Crippen molar-refractivity contribution in [3.05, 3.63) is 41.5 Å². The Bertz CT molecular complexity index is 446. The summed E-state index contributed by atoms with van der Waals surface area (Å²) in [5.41, 5.74) is 2.85. The average molecular weight is 270 g/mol. The van der Waals surface area contributed by atoms with Gasteiger partial charge in [-0.15, -0.1) is 0 Å². The van der Waals surface area contributed by atoms with Crippen LogP contribution in [0.25, 0.3) is 6.08 Å². The van der Waals surface area contributed by atoms with Gasteiger partial charge in [-0.1, -0.05) is 42.0 Å². The maximum absolute atomic E-state index is 3.77. The minimum absolute atomic E-state index is 0.727. The van der Waals surface area contributed by atoms with E-state index in [-0.39, 0.29) is 0 Å². The van der Waals surface area contributed by atoms with Gasteiger partial charge in [0, 0.05) is 6.04 Å². The van der Waals surface area contributed by atoms with E-state index in [0.29, 0.717) is 0 Å². The topological polar surface area (TPSA) is 24.1 Å². The molecule has 20 heavy (non-hydrogen) atoms. The van der Waals surface area contributed by atoms with Crippen molar-refractivity contribution in [2.24, 2.45) is 11.8 Å². The highest BCUT2D eigenvalue weighted by Crippen LogP contribution is 2.38. The summed E-state index contributed by atoms with van der Waals surface area (Å²) in [6.45, 7) is 5.89. The molecule has 1 aliphatic carbocycles. The number of nitrogens with one attached hydrogen (secondary N) is 2. The van der Waals surface area contributed by atoms with Gasteiger partial charge in [0.15, 0.2) is 0 Å². The Hall–Kier alpha value is -1.12. The molecule has 0 spiro atoms. The molecule has 2 aliphatic rings. The summed E-state index contributed by atoms with van der Waals surface area (Å²) in [6.07, 6.45) is 6.34. The lowest BCUT2D eigenvalue weighted by atomic mass is 9.98. The first kappa shape index (κ1) is 13.8. The SMILES string of the molecule is C/C(=C\c1ccccc1)[C@@H]1C[C@H]1NCC1CCNCC1. The van der Waals surface area contributed by atoms with Gasteiger partial charge in [-0.25, -0.2) is 0 Å². The van der Waals surface area contributed by atoms with Gasteiger partial charge in [0.05, 0.1) is 0 Å². The third kappa shape index (κ3) is 3.71. The second-order valence-electron chi connectivity index (χ2n) is 6.35. The van der Waals surface area contributed by atoms with Crippen LogP contribution in [0.4, 0.5) is 0 Å². The van der Waals surface area contributed by atoms with Gasteiger partial charge >= 0.3 is 0 Å².